The van der Waals surface area contributed by atoms with Crippen LogP contribution in [0, 0.1) is 0 Å². The number of imide groups is 1. The van der Waals surface area contributed by atoms with Crippen molar-refractivity contribution >= 4 is 17.9 Å². The molecule has 132 valence electrons. The van der Waals surface area contributed by atoms with E-state index in [0.717, 1.165) is 0 Å². The quantitative estimate of drug-likeness (QED) is 0.771. The first-order valence-electron chi connectivity index (χ1n) is 7.06. The third-order valence-corrected chi connectivity index (χ3v) is 2.62. The molecule has 1 aromatic rings. The van der Waals surface area contributed by atoms with Crippen LogP contribution in [0.3, 0.4) is 0 Å². The van der Waals surface area contributed by atoms with E-state index in [1.807, 2.05) is 5.32 Å². The first-order valence-corrected chi connectivity index (χ1v) is 7.06. The molecule has 0 spiro atoms. The molecule has 0 fully saturated rings. The molecule has 24 heavy (non-hydrogen) atoms. The van der Waals surface area contributed by atoms with Gasteiger partial charge in [0.1, 0.15) is 5.75 Å². The molecule has 3 amide bonds. The number of carbonyl (C=O) groups excluding carboxylic acids is 3. The SMILES string of the molecule is CC(C)NC(=O)NC(=O)[C@@H](C)OC(=O)c1ccc(OC(F)F)cc1. The van der Waals surface area contributed by atoms with Crippen molar-refractivity contribution in [3.8, 4) is 5.75 Å². The monoisotopic (exact) mass is 344 g/mol. The Morgan fingerprint density at radius 1 is 1.04 bits per heavy atom. The second-order valence-electron chi connectivity index (χ2n) is 5.07. The molecule has 1 rings (SSSR count). The van der Waals surface area contributed by atoms with Crippen molar-refractivity contribution < 1.29 is 32.6 Å². The number of hydrogen-bond acceptors (Lipinski definition) is 5. The molecular formula is C15H18F2N2O5. The summed E-state index contributed by atoms with van der Waals surface area (Å²) in [7, 11) is 0. The second-order valence-corrected chi connectivity index (χ2v) is 5.07. The highest BCUT2D eigenvalue weighted by atomic mass is 19.3. The van der Waals surface area contributed by atoms with Gasteiger partial charge in [0.25, 0.3) is 5.91 Å². The average molecular weight is 344 g/mol. The number of carbonyl (C=O) groups is 3. The van der Waals surface area contributed by atoms with E-state index in [1.165, 1.54) is 31.2 Å². The summed E-state index contributed by atoms with van der Waals surface area (Å²) in [4.78, 5) is 35.0. The maximum Gasteiger partial charge on any atom is 0.387 e. The van der Waals surface area contributed by atoms with Crippen molar-refractivity contribution in [3.63, 3.8) is 0 Å². The van der Waals surface area contributed by atoms with Crippen LogP contribution in [-0.2, 0) is 9.53 Å². The van der Waals surface area contributed by atoms with Crippen molar-refractivity contribution in [1.82, 2.24) is 10.6 Å². The molecule has 0 radical (unpaired) electrons. The predicted molar refractivity (Wildman–Crippen MR) is 79.8 cm³/mol. The Morgan fingerprint density at radius 3 is 2.12 bits per heavy atom. The standard InChI is InChI=1S/C15H18F2N2O5/c1-8(2)18-15(22)19-12(20)9(3)23-13(21)10-4-6-11(7-5-10)24-14(16)17/h4-9,14H,1-3H3,(H2,18,19,20,22)/t9-/m1/s1. The lowest BCUT2D eigenvalue weighted by Crippen LogP contribution is -2.46. The molecule has 0 unspecified atom stereocenters. The highest BCUT2D eigenvalue weighted by Crippen LogP contribution is 2.15. The lowest BCUT2D eigenvalue weighted by molar-refractivity contribution is -0.127. The minimum Gasteiger partial charge on any atom is -0.449 e. The number of ether oxygens (including phenoxy) is 2. The normalized spacial score (nSPS) is 11.8. The summed E-state index contributed by atoms with van der Waals surface area (Å²) in [6.45, 7) is 1.76. The Bertz CT molecular complexity index is 590. The molecule has 2 N–H and O–H groups in total. The van der Waals surface area contributed by atoms with E-state index in [9.17, 15) is 23.2 Å². The summed E-state index contributed by atoms with van der Waals surface area (Å²) in [5.41, 5.74) is 0.0444. The van der Waals surface area contributed by atoms with E-state index < -0.39 is 30.6 Å². The first-order chi connectivity index (χ1) is 11.2. The van der Waals surface area contributed by atoms with E-state index in [-0.39, 0.29) is 17.4 Å². The van der Waals surface area contributed by atoms with Gasteiger partial charge in [-0.05, 0) is 45.0 Å². The fourth-order valence-electron chi connectivity index (χ4n) is 1.57. The maximum atomic E-state index is 12.0. The Labute approximate surface area is 137 Å². The second kappa shape index (κ2) is 8.80. The van der Waals surface area contributed by atoms with E-state index in [2.05, 4.69) is 10.1 Å². The summed E-state index contributed by atoms with van der Waals surface area (Å²) >= 11 is 0. The number of esters is 1. The van der Waals surface area contributed by atoms with Crippen molar-refractivity contribution in [3.05, 3.63) is 29.8 Å². The number of benzene rings is 1. The molecule has 0 aromatic heterocycles. The number of amides is 3. The molecule has 0 saturated carbocycles. The molecule has 0 saturated heterocycles. The van der Waals surface area contributed by atoms with E-state index in [1.54, 1.807) is 13.8 Å². The smallest absolute Gasteiger partial charge is 0.387 e. The van der Waals surface area contributed by atoms with Crippen LogP contribution in [-0.4, -0.2) is 36.7 Å². The molecule has 1 atom stereocenters. The maximum absolute atomic E-state index is 12.0. The van der Waals surface area contributed by atoms with Gasteiger partial charge in [-0.3, -0.25) is 10.1 Å². The third kappa shape index (κ3) is 6.59. The summed E-state index contributed by atoms with van der Waals surface area (Å²) in [6.07, 6.45) is -1.22. The first kappa shape index (κ1) is 19.3. The zero-order chi connectivity index (χ0) is 18.3. The van der Waals surface area contributed by atoms with Crippen LogP contribution in [0.4, 0.5) is 13.6 Å². The van der Waals surface area contributed by atoms with Crippen LogP contribution in [0.15, 0.2) is 24.3 Å². The topological polar surface area (TPSA) is 93.7 Å². The van der Waals surface area contributed by atoms with Crippen molar-refractivity contribution in [1.29, 1.82) is 0 Å². The molecule has 0 bridgehead atoms. The van der Waals surface area contributed by atoms with Gasteiger partial charge < -0.3 is 14.8 Å². The molecule has 0 aliphatic heterocycles. The number of alkyl halides is 2. The predicted octanol–water partition coefficient (Wildman–Crippen LogP) is 2.07. The number of nitrogens with one attached hydrogen (secondary N) is 2. The summed E-state index contributed by atoms with van der Waals surface area (Å²) in [5, 5.41) is 4.48. The Morgan fingerprint density at radius 2 is 1.62 bits per heavy atom. The van der Waals surface area contributed by atoms with Gasteiger partial charge in [0.2, 0.25) is 0 Å². The van der Waals surface area contributed by atoms with E-state index in [0.29, 0.717) is 0 Å². The molecule has 9 heteroatoms. The van der Waals surface area contributed by atoms with Crippen LogP contribution >= 0.6 is 0 Å². The number of urea groups is 1. The summed E-state index contributed by atoms with van der Waals surface area (Å²) in [6, 6.07) is 3.91. The number of halogens is 2. The molecule has 1 aromatic carbocycles. The van der Waals surface area contributed by atoms with Crippen molar-refractivity contribution in [2.24, 2.45) is 0 Å². The van der Waals surface area contributed by atoms with Gasteiger partial charge in [0, 0.05) is 6.04 Å². The summed E-state index contributed by atoms with van der Waals surface area (Å²) in [5.74, 6) is -1.75. The van der Waals surface area contributed by atoms with Crippen LogP contribution in [0.2, 0.25) is 0 Å². The minimum atomic E-state index is -2.97. The van der Waals surface area contributed by atoms with Gasteiger partial charge in [-0.2, -0.15) is 8.78 Å². The van der Waals surface area contributed by atoms with E-state index in [4.69, 9.17) is 4.74 Å². The highest BCUT2D eigenvalue weighted by molar-refractivity contribution is 5.98. The summed E-state index contributed by atoms with van der Waals surface area (Å²) < 4.78 is 33.1. The molecule has 0 aliphatic carbocycles. The number of rotatable bonds is 6. The molecule has 0 aliphatic rings. The van der Waals surface area contributed by atoms with Gasteiger partial charge in [-0.25, -0.2) is 9.59 Å². The fourth-order valence-corrected chi connectivity index (χ4v) is 1.57. The molecule has 0 heterocycles. The van der Waals surface area contributed by atoms with Crippen LogP contribution in [0.5, 0.6) is 5.75 Å². The van der Waals surface area contributed by atoms with Gasteiger partial charge in [0.05, 0.1) is 5.56 Å². The highest BCUT2D eigenvalue weighted by Gasteiger charge is 2.21. The van der Waals surface area contributed by atoms with E-state index >= 15 is 0 Å². The number of hydrogen-bond donors (Lipinski definition) is 2. The van der Waals surface area contributed by atoms with Gasteiger partial charge >= 0.3 is 18.6 Å². The Hall–Kier alpha value is -2.71. The van der Waals surface area contributed by atoms with Gasteiger partial charge in [-0.1, -0.05) is 0 Å². The lowest BCUT2D eigenvalue weighted by atomic mass is 10.2. The molecular weight excluding hydrogens is 326 g/mol. The van der Waals surface area contributed by atoms with Crippen molar-refractivity contribution in [2.45, 2.75) is 39.5 Å². The zero-order valence-corrected chi connectivity index (χ0v) is 13.3. The minimum absolute atomic E-state index is 0.0444. The lowest BCUT2D eigenvalue weighted by Gasteiger charge is -2.14. The van der Waals surface area contributed by atoms with Gasteiger partial charge in [-0.15, -0.1) is 0 Å². The average Bonchev–Trinajstić information content (AvgIpc) is 2.46. The van der Waals surface area contributed by atoms with Crippen molar-refractivity contribution in [2.75, 3.05) is 0 Å². The largest absolute Gasteiger partial charge is 0.449 e. The Balaban J connectivity index is 2.56. The fraction of sp³-hybridized carbons (Fsp3) is 0.400. The van der Waals surface area contributed by atoms with Gasteiger partial charge in [0.15, 0.2) is 6.10 Å². The Kier molecular flexibility index (Phi) is 7.09. The third-order valence-electron chi connectivity index (χ3n) is 2.62. The van der Waals surface area contributed by atoms with Crippen LogP contribution in [0.1, 0.15) is 31.1 Å². The van der Waals surface area contributed by atoms with Crippen LogP contribution < -0.4 is 15.4 Å². The zero-order valence-electron chi connectivity index (χ0n) is 13.3. The van der Waals surface area contributed by atoms with Crippen LogP contribution in [0.25, 0.3) is 0 Å². The molecule has 7 nitrogen and oxygen atoms in total.